The first-order valence-electron chi connectivity index (χ1n) is 6.74. The van der Waals surface area contributed by atoms with E-state index in [9.17, 15) is 27.9 Å². The molecule has 1 amide bonds. The highest BCUT2D eigenvalue weighted by atomic mass is 19.4. The van der Waals surface area contributed by atoms with Crippen LogP contribution in [-0.4, -0.2) is 29.2 Å². The lowest BCUT2D eigenvalue weighted by Crippen LogP contribution is -2.42. The lowest BCUT2D eigenvalue weighted by atomic mass is 9.71. The monoisotopic (exact) mass is 295 g/mol. The molecular weight excluding hydrogens is 275 g/mol. The summed E-state index contributed by atoms with van der Waals surface area (Å²) in [5, 5.41) is 11.5. The molecule has 1 fully saturated rings. The fourth-order valence-electron chi connectivity index (χ4n) is 2.73. The van der Waals surface area contributed by atoms with Crippen molar-refractivity contribution in [2.24, 2.45) is 5.41 Å². The summed E-state index contributed by atoms with van der Waals surface area (Å²) in [6, 6.07) is -1.04. The van der Waals surface area contributed by atoms with E-state index in [1.165, 1.54) is 6.92 Å². The molecule has 4 nitrogen and oxygen atoms in total. The fraction of sp³-hybridized carbons (Fsp3) is 0.846. The lowest BCUT2D eigenvalue weighted by molar-refractivity contribution is -0.155. The normalized spacial score (nSPS) is 20.2. The van der Waals surface area contributed by atoms with Gasteiger partial charge in [-0.2, -0.15) is 13.2 Å². The minimum atomic E-state index is -4.35. The van der Waals surface area contributed by atoms with Crippen molar-refractivity contribution in [3.63, 3.8) is 0 Å². The van der Waals surface area contributed by atoms with Gasteiger partial charge in [-0.1, -0.05) is 19.3 Å². The van der Waals surface area contributed by atoms with Gasteiger partial charge in [0.1, 0.15) is 0 Å². The van der Waals surface area contributed by atoms with E-state index in [-0.39, 0.29) is 6.42 Å². The third-order valence-electron chi connectivity index (χ3n) is 3.71. The summed E-state index contributed by atoms with van der Waals surface area (Å²) < 4.78 is 36.5. The number of amides is 1. The van der Waals surface area contributed by atoms with Gasteiger partial charge in [0.05, 0.1) is 11.8 Å². The first kappa shape index (κ1) is 16.8. The van der Waals surface area contributed by atoms with E-state index in [4.69, 9.17) is 0 Å². The molecule has 7 heteroatoms. The average molecular weight is 295 g/mol. The van der Waals surface area contributed by atoms with Crippen molar-refractivity contribution in [3.05, 3.63) is 0 Å². The molecule has 0 heterocycles. The quantitative estimate of drug-likeness (QED) is 0.819. The molecule has 1 unspecified atom stereocenters. The van der Waals surface area contributed by atoms with Gasteiger partial charge in [-0.15, -0.1) is 0 Å². The van der Waals surface area contributed by atoms with Gasteiger partial charge >= 0.3 is 12.1 Å². The maximum Gasteiger partial charge on any atom is 0.391 e. The summed E-state index contributed by atoms with van der Waals surface area (Å²) in [7, 11) is 0. The number of carbonyl (C=O) groups excluding carboxylic acids is 1. The molecule has 1 saturated carbocycles. The Hall–Kier alpha value is -1.27. The minimum Gasteiger partial charge on any atom is -0.481 e. The van der Waals surface area contributed by atoms with Gasteiger partial charge < -0.3 is 10.4 Å². The van der Waals surface area contributed by atoms with Crippen LogP contribution in [0.5, 0.6) is 0 Å². The smallest absolute Gasteiger partial charge is 0.391 e. The summed E-state index contributed by atoms with van der Waals surface area (Å²) in [6.45, 7) is 1.26. The Kier molecular flexibility index (Phi) is 5.42. The number of aliphatic carboxylic acids is 1. The molecule has 1 rings (SSSR count). The number of alkyl halides is 3. The number of rotatable bonds is 5. The molecule has 0 radical (unpaired) electrons. The van der Waals surface area contributed by atoms with Crippen molar-refractivity contribution >= 4 is 11.9 Å². The van der Waals surface area contributed by atoms with Crippen molar-refractivity contribution in [2.45, 2.75) is 64.1 Å². The Morgan fingerprint density at radius 2 is 1.80 bits per heavy atom. The first-order chi connectivity index (χ1) is 9.15. The number of halogens is 3. The van der Waals surface area contributed by atoms with Crippen molar-refractivity contribution < 1.29 is 27.9 Å². The second kappa shape index (κ2) is 6.45. The van der Waals surface area contributed by atoms with Gasteiger partial charge in [-0.05, 0) is 19.8 Å². The zero-order valence-corrected chi connectivity index (χ0v) is 11.4. The SMILES string of the molecule is CC(CC(F)(F)F)NC(=O)CC1(C(=O)O)CCCCC1. The second-order valence-electron chi connectivity index (χ2n) is 5.61. The maximum absolute atomic E-state index is 12.2. The van der Waals surface area contributed by atoms with Gasteiger partial charge in [-0.3, -0.25) is 9.59 Å². The predicted octanol–water partition coefficient (Wildman–Crippen LogP) is 2.87. The molecule has 1 atom stereocenters. The predicted molar refractivity (Wildman–Crippen MR) is 66.0 cm³/mol. The van der Waals surface area contributed by atoms with Gasteiger partial charge in [0.25, 0.3) is 0 Å². The number of carboxylic acids is 1. The number of hydrogen-bond acceptors (Lipinski definition) is 2. The lowest BCUT2D eigenvalue weighted by Gasteiger charge is -2.32. The summed E-state index contributed by atoms with van der Waals surface area (Å²) >= 11 is 0. The van der Waals surface area contributed by atoms with E-state index < -0.39 is 35.9 Å². The standard InChI is InChI=1S/C13H20F3NO3/c1-9(7-13(14,15)16)17-10(18)8-12(11(19)20)5-3-2-4-6-12/h9H,2-8H2,1H3,(H,17,18)(H,19,20). The van der Waals surface area contributed by atoms with Gasteiger partial charge in [0.15, 0.2) is 0 Å². The van der Waals surface area contributed by atoms with Crippen molar-refractivity contribution in [1.82, 2.24) is 5.32 Å². The topological polar surface area (TPSA) is 66.4 Å². The molecular formula is C13H20F3NO3. The van der Waals surface area contributed by atoms with Crippen LogP contribution in [0.1, 0.15) is 51.9 Å². The molecule has 0 aromatic carbocycles. The fourth-order valence-corrected chi connectivity index (χ4v) is 2.73. The van der Waals surface area contributed by atoms with Crippen LogP contribution >= 0.6 is 0 Å². The maximum atomic E-state index is 12.2. The molecule has 116 valence electrons. The van der Waals surface area contributed by atoms with Crippen LogP contribution in [-0.2, 0) is 9.59 Å². The summed E-state index contributed by atoms with van der Waals surface area (Å²) in [4.78, 5) is 23.1. The van der Waals surface area contributed by atoms with Crippen LogP contribution in [0.25, 0.3) is 0 Å². The Balaban J connectivity index is 2.57. The van der Waals surface area contributed by atoms with Gasteiger partial charge in [0, 0.05) is 12.5 Å². The third kappa shape index (κ3) is 5.02. The van der Waals surface area contributed by atoms with E-state index in [0.717, 1.165) is 19.3 Å². The van der Waals surface area contributed by atoms with Crippen LogP contribution in [0.4, 0.5) is 13.2 Å². The number of carbonyl (C=O) groups is 2. The Labute approximate surface area is 115 Å². The molecule has 2 N–H and O–H groups in total. The van der Waals surface area contributed by atoms with Crippen LogP contribution in [0.3, 0.4) is 0 Å². The minimum absolute atomic E-state index is 0.246. The van der Waals surface area contributed by atoms with E-state index in [1.807, 2.05) is 0 Å². The number of carboxylic acid groups (broad SMARTS) is 1. The molecule has 0 aliphatic heterocycles. The number of hydrogen-bond donors (Lipinski definition) is 2. The van der Waals surface area contributed by atoms with Gasteiger partial charge in [0.2, 0.25) is 5.91 Å². The highest BCUT2D eigenvalue weighted by Crippen LogP contribution is 2.39. The van der Waals surface area contributed by atoms with E-state index >= 15 is 0 Å². The van der Waals surface area contributed by atoms with Gasteiger partial charge in [-0.25, -0.2) is 0 Å². The van der Waals surface area contributed by atoms with E-state index in [2.05, 4.69) is 5.32 Å². The second-order valence-corrected chi connectivity index (χ2v) is 5.61. The van der Waals surface area contributed by atoms with E-state index in [1.54, 1.807) is 0 Å². The summed E-state index contributed by atoms with van der Waals surface area (Å²) in [5.41, 5.74) is -1.11. The molecule has 0 aromatic rings. The molecule has 0 bridgehead atoms. The Morgan fingerprint density at radius 3 is 2.25 bits per heavy atom. The molecule has 0 aromatic heterocycles. The first-order valence-corrected chi connectivity index (χ1v) is 6.74. The molecule has 1 aliphatic rings. The van der Waals surface area contributed by atoms with Crippen LogP contribution < -0.4 is 5.32 Å². The number of nitrogens with one attached hydrogen (secondary N) is 1. The molecule has 0 saturated heterocycles. The molecule has 20 heavy (non-hydrogen) atoms. The highest BCUT2D eigenvalue weighted by Gasteiger charge is 2.41. The largest absolute Gasteiger partial charge is 0.481 e. The van der Waals surface area contributed by atoms with Crippen molar-refractivity contribution in [3.8, 4) is 0 Å². The molecule has 0 spiro atoms. The van der Waals surface area contributed by atoms with Crippen LogP contribution in [0, 0.1) is 5.41 Å². The summed E-state index contributed by atoms with van der Waals surface area (Å²) in [5.74, 6) is -1.65. The summed E-state index contributed by atoms with van der Waals surface area (Å²) in [6.07, 6.45) is -2.49. The highest BCUT2D eigenvalue weighted by molar-refractivity contribution is 5.85. The van der Waals surface area contributed by atoms with E-state index in [0.29, 0.717) is 12.8 Å². The van der Waals surface area contributed by atoms with Crippen LogP contribution in [0.2, 0.25) is 0 Å². The van der Waals surface area contributed by atoms with Crippen molar-refractivity contribution in [1.29, 1.82) is 0 Å². The zero-order chi connectivity index (χ0) is 15.4. The average Bonchev–Trinajstić information content (AvgIpc) is 2.26. The van der Waals surface area contributed by atoms with Crippen molar-refractivity contribution in [2.75, 3.05) is 0 Å². The molecule has 1 aliphatic carbocycles. The Bertz CT molecular complexity index is 362. The zero-order valence-electron chi connectivity index (χ0n) is 11.4. The van der Waals surface area contributed by atoms with Crippen LogP contribution in [0.15, 0.2) is 0 Å². The third-order valence-corrected chi connectivity index (χ3v) is 3.71. The Morgan fingerprint density at radius 1 is 1.25 bits per heavy atom.